The number of likely N-dealkylation sites (N-methyl/N-ethyl adjacent to an activating group) is 1. The van der Waals surface area contributed by atoms with Crippen molar-refractivity contribution in [2.45, 2.75) is 13.0 Å². The Kier molecular flexibility index (Phi) is 8.67. The van der Waals surface area contributed by atoms with Crippen LogP contribution in [0.2, 0.25) is 0 Å². The van der Waals surface area contributed by atoms with Gasteiger partial charge in [-0.05, 0) is 36.9 Å². The molecule has 2 N–H and O–H groups in total. The molecule has 0 spiro atoms. The number of aromatic nitrogens is 1. The fourth-order valence-corrected chi connectivity index (χ4v) is 2.32. The van der Waals surface area contributed by atoms with Gasteiger partial charge < -0.3 is 15.1 Å². The van der Waals surface area contributed by atoms with Crippen LogP contribution in [0.15, 0.2) is 53.1 Å². The number of nitrogens with zero attached hydrogens (tertiary/aromatic N) is 2. The number of rotatable bonds is 5. The fraction of sp³-hybridized carbons (Fsp3) is 0.235. The van der Waals surface area contributed by atoms with Crippen molar-refractivity contribution in [3.05, 3.63) is 64.4 Å². The second kappa shape index (κ2) is 10.5. The Morgan fingerprint density at radius 2 is 1.83 bits per heavy atom. The molecular formula is C17H19BrN2O4. The molecule has 2 aromatic rings. The number of halogens is 1. The van der Waals surface area contributed by atoms with Gasteiger partial charge in [0.25, 0.3) is 0 Å². The third kappa shape index (κ3) is 8.40. The second-order valence-corrected chi connectivity index (χ2v) is 5.96. The van der Waals surface area contributed by atoms with Gasteiger partial charge in [-0.15, -0.1) is 0 Å². The summed E-state index contributed by atoms with van der Waals surface area (Å²) in [4.78, 5) is 24.9. The van der Waals surface area contributed by atoms with Gasteiger partial charge in [-0.3, -0.25) is 4.98 Å². The van der Waals surface area contributed by atoms with Gasteiger partial charge in [0.05, 0.1) is 0 Å². The van der Waals surface area contributed by atoms with Crippen LogP contribution in [0.25, 0.3) is 0 Å². The molecule has 0 saturated carbocycles. The lowest BCUT2D eigenvalue weighted by Gasteiger charge is -2.16. The summed E-state index contributed by atoms with van der Waals surface area (Å²) >= 11 is 3.50. The van der Waals surface area contributed by atoms with Crippen molar-refractivity contribution in [2.75, 3.05) is 13.6 Å². The molecule has 6 nitrogen and oxygen atoms in total. The molecule has 0 aliphatic heterocycles. The summed E-state index contributed by atoms with van der Waals surface area (Å²) in [6.07, 6.45) is 2.84. The summed E-state index contributed by atoms with van der Waals surface area (Å²) in [5.41, 5.74) is 2.48. The molecule has 0 atom stereocenters. The van der Waals surface area contributed by atoms with E-state index in [1.807, 2.05) is 18.3 Å². The molecule has 0 radical (unpaired) electrons. The molecule has 128 valence electrons. The maximum Gasteiger partial charge on any atom is 0.414 e. The standard InChI is InChI=1S/C15H17BrN2.C2H2O4/c1-18(10-8-15-7-2-3-9-17-15)12-13-5-4-6-14(16)11-13;3-1(4)2(5)6/h2-7,9,11H,8,10,12H2,1H3;(H,3,4)(H,5,6). The van der Waals surface area contributed by atoms with Crippen LogP contribution >= 0.6 is 15.9 Å². The molecule has 7 heteroatoms. The minimum absolute atomic E-state index is 0.965. The molecule has 0 bridgehead atoms. The lowest BCUT2D eigenvalue weighted by molar-refractivity contribution is -0.159. The van der Waals surface area contributed by atoms with Crippen LogP contribution in [0, 0.1) is 0 Å². The van der Waals surface area contributed by atoms with Gasteiger partial charge in [0.15, 0.2) is 0 Å². The van der Waals surface area contributed by atoms with Crippen LogP contribution in [0.3, 0.4) is 0 Å². The van der Waals surface area contributed by atoms with Crippen molar-refractivity contribution >= 4 is 27.9 Å². The number of carbonyl (C=O) groups is 2. The van der Waals surface area contributed by atoms with Gasteiger partial charge in [-0.2, -0.15) is 0 Å². The molecule has 1 heterocycles. The van der Waals surface area contributed by atoms with E-state index in [4.69, 9.17) is 19.8 Å². The highest BCUT2D eigenvalue weighted by atomic mass is 79.9. The first kappa shape index (κ1) is 19.8. The normalized spacial score (nSPS) is 9.96. The Hall–Kier alpha value is -2.25. The van der Waals surface area contributed by atoms with E-state index < -0.39 is 11.9 Å². The van der Waals surface area contributed by atoms with E-state index in [0.29, 0.717) is 0 Å². The van der Waals surface area contributed by atoms with Crippen molar-refractivity contribution in [3.8, 4) is 0 Å². The van der Waals surface area contributed by atoms with E-state index in [1.54, 1.807) is 0 Å². The molecule has 24 heavy (non-hydrogen) atoms. The van der Waals surface area contributed by atoms with Crippen LogP contribution in [-0.2, 0) is 22.6 Å². The van der Waals surface area contributed by atoms with Crippen molar-refractivity contribution in [1.29, 1.82) is 0 Å². The summed E-state index contributed by atoms with van der Waals surface area (Å²) in [6.45, 7) is 1.98. The molecular weight excluding hydrogens is 376 g/mol. The molecule has 1 aromatic carbocycles. The summed E-state index contributed by atoms with van der Waals surface area (Å²) in [5.74, 6) is -3.65. The number of pyridine rings is 1. The van der Waals surface area contributed by atoms with Crippen molar-refractivity contribution < 1.29 is 19.8 Å². The molecule has 0 amide bonds. The van der Waals surface area contributed by atoms with E-state index in [0.717, 1.165) is 29.7 Å². The van der Waals surface area contributed by atoms with Gasteiger partial charge >= 0.3 is 11.9 Å². The van der Waals surface area contributed by atoms with Crippen LogP contribution in [-0.4, -0.2) is 45.6 Å². The summed E-state index contributed by atoms with van der Waals surface area (Å²) < 4.78 is 1.14. The number of carboxylic acid groups (broad SMARTS) is 2. The molecule has 2 rings (SSSR count). The van der Waals surface area contributed by atoms with Gasteiger partial charge in [0, 0.05) is 35.9 Å². The smallest absolute Gasteiger partial charge is 0.414 e. The Morgan fingerprint density at radius 3 is 2.38 bits per heavy atom. The minimum Gasteiger partial charge on any atom is -0.473 e. The molecule has 0 unspecified atom stereocenters. The van der Waals surface area contributed by atoms with Gasteiger partial charge in [-0.1, -0.05) is 34.1 Å². The van der Waals surface area contributed by atoms with Gasteiger partial charge in [0.2, 0.25) is 0 Å². The zero-order valence-corrected chi connectivity index (χ0v) is 14.8. The van der Waals surface area contributed by atoms with Crippen LogP contribution in [0.4, 0.5) is 0 Å². The summed E-state index contributed by atoms with van der Waals surface area (Å²) in [5, 5.41) is 14.8. The number of carboxylic acids is 2. The highest BCUT2D eigenvalue weighted by Gasteiger charge is 2.04. The third-order valence-electron chi connectivity index (χ3n) is 3.00. The van der Waals surface area contributed by atoms with E-state index in [-0.39, 0.29) is 0 Å². The molecule has 0 aliphatic rings. The van der Waals surface area contributed by atoms with Crippen LogP contribution < -0.4 is 0 Å². The van der Waals surface area contributed by atoms with E-state index in [2.05, 4.69) is 63.2 Å². The molecule has 1 aromatic heterocycles. The highest BCUT2D eigenvalue weighted by Crippen LogP contribution is 2.13. The first-order valence-electron chi connectivity index (χ1n) is 7.17. The Balaban J connectivity index is 0.000000413. The molecule has 0 aliphatic carbocycles. The Morgan fingerprint density at radius 1 is 1.12 bits per heavy atom. The first-order valence-corrected chi connectivity index (χ1v) is 7.97. The SMILES string of the molecule is CN(CCc1ccccn1)Cc1cccc(Br)c1.O=C(O)C(=O)O. The quantitative estimate of drug-likeness (QED) is 0.757. The fourth-order valence-electron chi connectivity index (χ4n) is 1.88. The predicted octanol–water partition coefficient (Wildman–Crippen LogP) is 2.67. The first-order chi connectivity index (χ1) is 11.4. The maximum atomic E-state index is 9.10. The average Bonchev–Trinajstić information content (AvgIpc) is 2.54. The Labute approximate surface area is 148 Å². The zero-order valence-electron chi connectivity index (χ0n) is 13.2. The largest absolute Gasteiger partial charge is 0.473 e. The zero-order chi connectivity index (χ0) is 17.9. The summed E-state index contributed by atoms with van der Waals surface area (Å²) in [6, 6.07) is 14.5. The maximum absolute atomic E-state index is 9.10. The van der Waals surface area contributed by atoms with Gasteiger partial charge in [-0.25, -0.2) is 9.59 Å². The topological polar surface area (TPSA) is 90.7 Å². The van der Waals surface area contributed by atoms with Crippen LogP contribution in [0.1, 0.15) is 11.3 Å². The number of hydrogen-bond donors (Lipinski definition) is 2. The van der Waals surface area contributed by atoms with Gasteiger partial charge in [0.1, 0.15) is 0 Å². The second-order valence-electron chi connectivity index (χ2n) is 5.05. The number of hydrogen-bond acceptors (Lipinski definition) is 4. The van der Waals surface area contributed by atoms with Crippen molar-refractivity contribution in [3.63, 3.8) is 0 Å². The van der Waals surface area contributed by atoms with E-state index in [1.165, 1.54) is 5.56 Å². The van der Waals surface area contributed by atoms with Crippen molar-refractivity contribution in [2.24, 2.45) is 0 Å². The van der Waals surface area contributed by atoms with Crippen LogP contribution in [0.5, 0.6) is 0 Å². The predicted molar refractivity (Wildman–Crippen MR) is 93.7 cm³/mol. The third-order valence-corrected chi connectivity index (χ3v) is 3.49. The average molecular weight is 395 g/mol. The summed E-state index contributed by atoms with van der Waals surface area (Å²) in [7, 11) is 2.14. The minimum atomic E-state index is -1.82. The number of benzene rings is 1. The number of aliphatic carboxylic acids is 2. The lowest BCUT2D eigenvalue weighted by atomic mass is 10.2. The van der Waals surface area contributed by atoms with E-state index in [9.17, 15) is 0 Å². The monoisotopic (exact) mass is 394 g/mol. The molecule has 0 fully saturated rings. The highest BCUT2D eigenvalue weighted by molar-refractivity contribution is 9.10. The molecule has 0 saturated heterocycles. The Bertz CT molecular complexity index is 653. The van der Waals surface area contributed by atoms with E-state index >= 15 is 0 Å². The lowest BCUT2D eigenvalue weighted by Crippen LogP contribution is -2.21. The van der Waals surface area contributed by atoms with Crippen molar-refractivity contribution in [1.82, 2.24) is 9.88 Å².